The normalized spacial score (nSPS) is 20.0. The highest BCUT2D eigenvalue weighted by Crippen LogP contribution is 2.42. The van der Waals surface area contributed by atoms with E-state index in [-0.39, 0.29) is 54.4 Å². The average Bonchev–Trinajstić information content (AvgIpc) is 3.46. The molecule has 3 N–H and O–H groups in total. The van der Waals surface area contributed by atoms with Crippen LogP contribution in [0.25, 0.3) is 5.65 Å². The van der Waals surface area contributed by atoms with Crippen LogP contribution in [0.2, 0.25) is 0 Å². The molecule has 0 saturated heterocycles. The lowest BCUT2D eigenvalue weighted by atomic mass is 9.81. The summed E-state index contributed by atoms with van der Waals surface area (Å²) in [5.74, 6) is -6.58. The van der Waals surface area contributed by atoms with E-state index in [1.807, 2.05) is 0 Å². The zero-order valence-corrected chi connectivity index (χ0v) is 21.9. The van der Waals surface area contributed by atoms with Crippen LogP contribution < -0.4 is 10.6 Å². The minimum Gasteiger partial charge on any atom is -0.369 e. The molecule has 0 bridgehead atoms. The highest BCUT2D eigenvalue weighted by atomic mass is 19.4. The van der Waals surface area contributed by atoms with E-state index in [1.54, 1.807) is 0 Å². The highest BCUT2D eigenvalue weighted by molar-refractivity contribution is 5.93. The quantitative estimate of drug-likeness (QED) is 0.252. The molecule has 0 unspecified atom stereocenters. The number of nitrogens with one attached hydrogen (secondary N) is 2. The Labute approximate surface area is 229 Å². The van der Waals surface area contributed by atoms with Gasteiger partial charge in [-0.05, 0) is 42.8 Å². The number of rotatable bonds is 9. The van der Waals surface area contributed by atoms with Crippen molar-refractivity contribution in [3.8, 4) is 0 Å². The van der Waals surface area contributed by atoms with Crippen LogP contribution in [0.5, 0.6) is 0 Å². The summed E-state index contributed by atoms with van der Waals surface area (Å²) >= 11 is 0. The Morgan fingerprint density at radius 3 is 2.54 bits per heavy atom. The SMILES string of the molecule is C[C@@H](CC(=O)N[C@H](O)c1cnn2cc([C@@H](NC(=O)c3nonc3C3CC3)C3CCC(F)(F)CC3)nc2c1)C(F)(F)F. The second kappa shape index (κ2) is 10.9. The van der Waals surface area contributed by atoms with Crippen molar-refractivity contribution in [2.24, 2.45) is 11.8 Å². The molecule has 2 aliphatic rings. The Kier molecular flexibility index (Phi) is 7.70. The molecule has 16 heteroatoms. The van der Waals surface area contributed by atoms with Crippen LogP contribution in [-0.2, 0) is 4.79 Å². The molecular formula is C25H28F5N7O4. The number of halogens is 5. The van der Waals surface area contributed by atoms with Crippen LogP contribution in [0.1, 0.15) is 97.5 Å². The molecular weight excluding hydrogens is 557 g/mol. The van der Waals surface area contributed by atoms with Gasteiger partial charge in [0.05, 0.1) is 30.0 Å². The van der Waals surface area contributed by atoms with Gasteiger partial charge in [0, 0.05) is 30.7 Å². The number of aromatic nitrogens is 5. The Balaban J connectivity index is 1.36. The summed E-state index contributed by atoms with van der Waals surface area (Å²) in [5.41, 5.74) is 1.04. The number of amides is 2. The van der Waals surface area contributed by atoms with E-state index < -0.39 is 48.5 Å². The number of imidazole rings is 1. The molecule has 0 radical (unpaired) electrons. The molecule has 2 aliphatic carbocycles. The summed E-state index contributed by atoms with van der Waals surface area (Å²) in [6.45, 7) is 0.861. The molecule has 0 aromatic carbocycles. The van der Waals surface area contributed by atoms with Gasteiger partial charge in [-0.15, -0.1) is 0 Å². The molecule has 3 aromatic heterocycles. The number of carbonyl (C=O) groups excluding carboxylic acids is 2. The summed E-state index contributed by atoms with van der Waals surface area (Å²) in [6.07, 6.45) is -3.12. The number of nitrogens with zero attached hydrogens (tertiary/aromatic N) is 5. The highest BCUT2D eigenvalue weighted by Gasteiger charge is 2.41. The Morgan fingerprint density at radius 1 is 1.17 bits per heavy atom. The molecule has 2 saturated carbocycles. The molecule has 2 fully saturated rings. The van der Waals surface area contributed by atoms with Gasteiger partial charge in [0.1, 0.15) is 5.69 Å². The van der Waals surface area contributed by atoms with Crippen molar-refractivity contribution < 1.29 is 41.3 Å². The molecule has 222 valence electrons. The molecule has 2 amide bonds. The van der Waals surface area contributed by atoms with Crippen molar-refractivity contribution >= 4 is 17.5 Å². The smallest absolute Gasteiger partial charge is 0.369 e. The predicted octanol–water partition coefficient (Wildman–Crippen LogP) is 3.98. The van der Waals surface area contributed by atoms with E-state index in [0.717, 1.165) is 19.8 Å². The zero-order valence-electron chi connectivity index (χ0n) is 21.9. The van der Waals surface area contributed by atoms with E-state index >= 15 is 0 Å². The number of alkyl halides is 5. The first-order valence-electron chi connectivity index (χ1n) is 13.2. The van der Waals surface area contributed by atoms with Gasteiger partial charge in [-0.1, -0.05) is 12.1 Å². The van der Waals surface area contributed by atoms with E-state index in [1.165, 1.54) is 23.0 Å². The molecule has 11 nitrogen and oxygen atoms in total. The maximum absolute atomic E-state index is 13.9. The second-order valence-electron chi connectivity index (χ2n) is 10.8. The zero-order chi connectivity index (χ0) is 29.5. The van der Waals surface area contributed by atoms with E-state index in [9.17, 15) is 36.6 Å². The molecule has 3 aromatic rings. The Hall–Kier alpha value is -3.69. The Bertz CT molecular complexity index is 1410. The Morgan fingerprint density at radius 2 is 1.88 bits per heavy atom. The molecule has 0 aliphatic heterocycles. The van der Waals surface area contributed by atoms with Crippen LogP contribution in [0.3, 0.4) is 0 Å². The fraction of sp³-hybridized carbons (Fsp3) is 0.600. The first-order chi connectivity index (χ1) is 19.3. The van der Waals surface area contributed by atoms with Gasteiger partial charge in [0.15, 0.2) is 17.6 Å². The maximum Gasteiger partial charge on any atom is 0.392 e. The minimum absolute atomic E-state index is 0.0292. The lowest BCUT2D eigenvalue weighted by Crippen LogP contribution is -2.37. The fourth-order valence-corrected chi connectivity index (χ4v) is 4.91. The van der Waals surface area contributed by atoms with Crippen molar-refractivity contribution in [3.05, 3.63) is 41.1 Å². The minimum atomic E-state index is -4.56. The topological polar surface area (TPSA) is 148 Å². The molecule has 5 rings (SSSR count). The van der Waals surface area contributed by atoms with Crippen LogP contribution in [0.15, 0.2) is 23.1 Å². The van der Waals surface area contributed by atoms with Gasteiger partial charge in [-0.3, -0.25) is 9.59 Å². The fourth-order valence-electron chi connectivity index (χ4n) is 4.91. The van der Waals surface area contributed by atoms with Crippen molar-refractivity contribution in [1.82, 2.24) is 35.5 Å². The first kappa shape index (κ1) is 28.8. The third kappa shape index (κ3) is 6.63. The second-order valence-corrected chi connectivity index (χ2v) is 10.8. The average molecular weight is 586 g/mol. The summed E-state index contributed by atoms with van der Waals surface area (Å²) in [4.78, 5) is 29.7. The largest absolute Gasteiger partial charge is 0.392 e. The van der Waals surface area contributed by atoms with E-state index in [4.69, 9.17) is 4.63 Å². The number of hydrogen-bond acceptors (Lipinski definition) is 8. The van der Waals surface area contributed by atoms with Crippen molar-refractivity contribution in [2.75, 3.05) is 0 Å². The third-order valence-electron chi connectivity index (χ3n) is 7.56. The lowest BCUT2D eigenvalue weighted by molar-refractivity contribution is -0.174. The van der Waals surface area contributed by atoms with Gasteiger partial charge in [0.2, 0.25) is 11.8 Å². The number of hydrogen-bond donors (Lipinski definition) is 3. The van der Waals surface area contributed by atoms with E-state index in [2.05, 4.69) is 31.0 Å². The van der Waals surface area contributed by atoms with Gasteiger partial charge in [0.25, 0.3) is 5.91 Å². The van der Waals surface area contributed by atoms with Crippen molar-refractivity contribution in [2.45, 2.75) is 82.2 Å². The summed E-state index contributed by atoms with van der Waals surface area (Å²) in [7, 11) is 0. The molecule has 41 heavy (non-hydrogen) atoms. The standard InChI is InChI=1S/C25H28F5N7O4/c1-12(25(28,29)30)8-18(38)33-22(39)15-9-17-32-16(11-37(17)31-10-15)19(14-4-6-24(26,27)7-5-14)34-23(40)21-20(13-2-3-13)35-41-36-21/h9-14,19,22,39H,2-8H2,1H3,(H,33,38)(H,34,40)/t12-,19-,22+/m0/s1. The molecule has 0 spiro atoms. The summed E-state index contributed by atoms with van der Waals surface area (Å²) in [6, 6.07) is 0.580. The van der Waals surface area contributed by atoms with Crippen molar-refractivity contribution in [3.63, 3.8) is 0 Å². The van der Waals surface area contributed by atoms with Gasteiger partial charge < -0.3 is 15.7 Å². The number of aliphatic hydroxyl groups is 1. The number of fused-ring (bicyclic) bond motifs is 1. The van der Waals surface area contributed by atoms with Gasteiger partial charge in [-0.2, -0.15) is 18.3 Å². The van der Waals surface area contributed by atoms with Crippen LogP contribution in [0.4, 0.5) is 22.0 Å². The summed E-state index contributed by atoms with van der Waals surface area (Å²) in [5, 5.41) is 27.1. The maximum atomic E-state index is 13.9. The van der Waals surface area contributed by atoms with Crippen molar-refractivity contribution in [1.29, 1.82) is 0 Å². The lowest BCUT2D eigenvalue weighted by Gasteiger charge is -2.33. The van der Waals surface area contributed by atoms with Gasteiger partial charge >= 0.3 is 6.18 Å². The van der Waals surface area contributed by atoms with E-state index in [0.29, 0.717) is 11.4 Å². The monoisotopic (exact) mass is 585 g/mol. The molecule has 3 heterocycles. The summed E-state index contributed by atoms with van der Waals surface area (Å²) < 4.78 is 72.3. The van der Waals surface area contributed by atoms with Crippen LogP contribution in [0, 0.1) is 11.8 Å². The third-order valence-corrected chi connectivity index (χ3v) is 7.56. The van der Waals surface area contributed by atoms with Crippen LogP contribution >= 0.6 is 0 Å². The van der Waals surface area contributed by atoms with Gasteiger partial charge in [-0.25, -0.2) is 22.9 Å². The number of carbonyl (C=O) groups is 2. The molecule has 3 atom stereocenters. The predicted molar refractivity (Wildman–Crippen MR) is 129 cm³/mol. The first-order valence-corrected chi connectivity index (χ1v) is 13.2. The number of aliphatic hydroxyl groups excluding tert-OH is 1. The van der Waals surface area contributed by atoms with Crippen LogP contribution in [-0.4, -0.2) is 53.9 Å².